The van der Waals surface area contributed by atoms with E-state index in [1.165, 1.54) is 0 Å². The van der Waals surface area contributed by atoms with Gasteiger partial charge in [-0.15, -0.1) is 24.8 Å². The van der Waals surface area contributed by atoms with Crippen molar-refractivity contribution in [3.05, 3.63) is 36.8 Å². The first-order chi connectivity index (χ1) is 9.83. The van der Waals surface area contributed by atoms with Crippen molar-refractivity contribution in [2.24, 2.45) is 5.92 Å². The molecule has 8 heteroatoms. The summed E-state index contributed by atoms with van der Waals surface area (Å²) in [7, 11) is 0. The van der Waals surface area contributed by atoms with Crippen LogP contribution in [0.5, 0.6) is 0 Å². The number of amides is 1. The number of hydrogen-bond donors (Lipinski definition) is 2. The van der Waals surface area contributed by atoms with Crippen molar-refractivity contribution in [3.8, 4) is 5.82 Å². The van der Waals surface area contributed by atoms with E-state index in [0.717, 1.165) is 37.4 Å². The molecule has 1 aliphatic heterocycles. The lowest BCUT2D eigenvalue weighted by molar-refractivity contribution is -0.120. The van der Waals surface area contributed by atoms with Crippen molar-refractivity contribution >= 4 is 36.4 Å². The average Bonchev–Trinajstić information content (AvgIpc) is 3.03. The maximum absolute atomic E-state index is 12.1. The molecule has 2 aromatic rings. The van der Waals surface area contributed by atoms with Gasteiger partial charge >= 0.3 is 0 Å². The summed E-state index contributed by atoms with van der Waals surface area (Å²) in [5, 5.41) is 10.3. The molecule has 1 aliphatic rings. The Hall–Kier alpha value is -1.63. The number of carbonyl (C=O) groups excluding carboxylic acids is 1. The van der Waals surface area contributed by atoms with Crippen molar-refractivity contribution in [2.45, 2.75) is 12.8 Å². The Labute approximate surface area is 141 Å². The van der Waals surface area contributed by atoms with Crippen LogP contribution in [0.3, 0.4) is 0 Å². The van der Waals surface area contributed by atoms with E-state index >= 15 is 0 Å². The summed E-state index contributed by atoms with van der Waals surface area (Å²) in [5.74, 6) is 0.914. The molecule has 1 saturated heterocycles. The largest absolute Gasteiger partial charge is 0.324 e. The van der Waals surface area contributed by atoms with E-state index in [1.54, 1.807) is 17.1 Å². The molecule has 120 valence electrons. The molecule has 0 aliphatic carbocycles. The number of anilines is 1. The molecule has 22 heavy (non-hydrogen) atoms. The standard InChI is InChI=1S/C14H17N5O.2ClH/c20-14(11-4-7-15-8-5-11)18-12-2-3-13(16-10-12)19-9-1-6-17-19;;/h1-3,6,9-11,15H,4-5,7-8H2,(H,18,20);2*1H. The molecular weight excluding hydrogens is 325 g/mol. The zero-order valence-corrected chi connectivity index (χ0v) is 13.6. The quantitative estimate of drug-likeness (QED) is 0.894. The third-order valence-corrected chi connectivity index (χ3v) is 3.46. The minimum Gasteiger partial charge on any atom is -0.324 e. The fraction of sp³-hybridized carbons (Fsp3) is 0.357. The van der Waals surface area contributed by atoms with Crippen LogP contribution in [-0.4, -0.2) is 33.8 Å². The lowest BCUT2D eigenvalue weighted by atomic mass is 9.97. The molecule has 0 aromatic carbocycles. The van der Waals surface area contributed by atoms with E-state index in [-0.39, 0.29) is 36.6 Å². The summed E-state index contributed by atoms with van der Waals surface area (Å²) in [6.45, 7) is 1.82. The highest BCUT2D eigenvalue weighted by Gasteiger charge is 2.20. The highest BCUT2D eigenvalue weighted by molar-refractivity contribution is 5.92. The van der Waals surface area contributed by atoms with Crippen molar-refractivity contribution in [1.29, 1.82) is 0 Å². The molecule has 1 fully saturated rings. The van der Waals surface area contributed by atoms with Gasteiger partial charge < -0.3 is 10.6 Å². The highest BCUT2D eigenvalue weighted by atomic mass is 35.5. The fourth-order valence-corrected chi connectivity index (χ4v) is 2.33. The van der Waals surface area contributed by atoms with Crippen LogP contribution in [0.1, 0.15) is 12.8 Å². The number of hydrogen-bond acceptors (Lipinski definition) is 4. The summed E-state index contributed by atoms with van der Waals surface area (Å²) in [6.07, 6.45) is 6.98. The molecule has 0 unspecified atom stereocenters. The predicted molar refractivity (Wildman–Crippen MR) is 90.1 cm³/mol. The Morgan fingerprint density at radius 3 is 2.64 bits per heavy atom. The zero-order chi connectivity index (χ0) is 13.8. The van der Waals surface area contributed by atoms with Gasteiger partial charge in [-0.3, -0.25) is 4.79 Å². The van der Waals surface area contributed by atoms with Crippen LogP contribution < -0.4 is 10.6 Å². The molecule has 6 nitrogen and oxygen atoms in total. The normalized spacial score (nSPS) is 14.5. The van der Waals surface area contributed by atoms with Gasteiger partial charge in [-0.05, 0) is 44.1 Å². The molecule has 3 heterocycles. The maximum atomic E-state index is 12.1. The number of carbonyl (C=O) groups is 1. The Kier molecular flexibility index (Phi) is 7.31. The molecule has 2 N–H and O–H groups in total. The van der Waals surface area contributed by atoms with Crippen molar-refractivity contribution < 1.29 is 4.79 Å². The van der Waals surface area contributed by atoms with Gasteiger partial charge in [0.05, 0.1) is 11.9 Å². The lowest BCUT2D eigenvalue weighted by Gasteiger charge is -2.21. The van der Waals surface area contributed by atoms with Crippen LogP contribution in [0.4, 0.5) is 5.69 Å². The van der Waals surface area contributed by atoms with E-state index in [2.05, 4.69) is 20.7 Å². The molecule has 0 saturated carbocycles. The number of piperidine rings is 1. The van der Waals surface area contributed by atoms with Gasteiger partial charge in [-0.1, -0.05) is 0 Å². The molecule has 2 aromatic heterocycles. The fourth-order valence-electron chi connectivity index (χ4n) is 2.33. The lowest BCUT2D eigenvalue weighted by Crippen LogP contribution is -2.34. The van der Waals surface area contributed by atoms with Gasteiger partial charge in [-0.2, -0.15) is 5.10 Å². The van der Waals surface area contributed by atoms with Crippen LogP contribution in [-0.2, 0) is 4.79 Å². The maximum Gasteiger partial charge on any atom is 0.227 e. The molecule has 0 spiro atoms. The van der Waals surface area contributed by atoms with Crippen LogP contribution >= 0.6 is 24.8 Å². The summed E-state index contributed by atoms with van der Waals surface area (Å²) in [5.41, 5.74) is 0.726. The van der Waals surface area contributed by atoms with Crippen LogP contribution in [0, 0.1) is 5.92 Å². The summed E-state index contributed by atoms with van der Waals surface area (Å²) < 4.78 is 1.68. The second kappa shape index (κ2) is 8.73. The van der Waals surface area contributed by atoms with Crippen LogP contribution in [0.25, 0.3) is 5.82 Å². The highest BCUT2D eigenvalue weighted by Crippen LogP contribution is 2.15. The Balaban J connectivity index is 0.00000121. The first-order valence-corrected chi connectivity index (χ1v) is 6.80. The number of aromatic nitrogens is 3. The number of pyridine rings is 1. The van der Waals surface area contributed by atoms with E-state index in [0.29, 0.717) is 0 Å². The zero-order valence-electron chi connectivity index (χ0n) is 11.9. The first kappa shape index (κ1) is 18.4. The van der Waals surface area contributed by atoms with Gasteiger partial charge in [0.15, 0.2) is 5.82 Å². The van der Waals surface area contributed by atoms with Crippen LogP contribution in [0.15, 0.2) is 36.8 Å². The third kappa shape index (κ3) is 4.43. The van der Waals surface area contributed by atoms with Gasteiger partial charge in [0, 0.05) is 18.3 Å². The van der Waals surface area contributed by atoms with Crippen LogP contribution in [0.2, 0.25) is 0 Å². The smallest absolute Gasteiger partial charge is 0.227 e. The second-order valence-corrected chi connectivity index (χ2v) is 4.87. The van der Waals surface area contributed by atoms with Gasteiger partial charge in [0.2, 0.25) is 5.91 Å². The minimum atomic E-state index is 0. The number of nitrogens with zero attached hydrogens (tertiary/aromatic N) is 3. The topological polar surface area (TPSA) is 71.8 Å². The van der Waals surface area contributed by atoms with Gasteiger partial charge in [0.1, 0.15) is 0 Å². The molecule has 0 bridgehead atoms. The van der Waals surface area contributed by atoms with E-state index in [1.807, 2.05) is 24.4 Å². The average molecular weight is 344 g/mol. The molecular formula is C14H19Cl2N5O. The third-order valence-electron chi connectivity index (χ3n) is 3.46. The van der Waals surface area contributed by atoms with Crippen molar-refractivity contribution in [2.75, 3.05) is 18.4 Å². The Bertz CT molecular complexity index is 567. The number of nitrogens with one attached hydrogen (secondary N) is 2. The Morgan fingerprint density at radius 1 is 1.27 bits per heavy atom. The number of rotatable bonds is 3. The first-order valence-electron chi connectivity index (χ1n) is 6.80. The van der Waals surface area contributed by atoms with Gasteiger partial charge in [0.25, 0.3) is 0 Å². The minimum absolute atomic E-state index is 0. The van der Waals surface area contributed by atoms with Gasteiger partial charge in [-0.25, -0.2) is 9.67 Å². The van der Waals surface area contributed by atoms with Crippen molar-refractivity contribution in [1.82, 2.24) is 20.1 Å². The van der Waals surface area contributed by atoms with Crippen molar-refractivity contribution in [3.63, 3.8) is 0 Å². The predicted octanol–water partition coefficient (Wildman–Crippen LogP) is 2.05. The second-order valence-electron chi connectivity index (χ2n) is 4.87. The molecule has 3 rings (SSSR count). The van der Waals surface area contributed by atoms with E-state index in [9.17, 15) is 4.79 Å². The van der Waals surface area contributed by atoms with E-state index < -0.39 is 0 Å². The molecule has 0 radical (unpaired) electrons. The van der Waals surface area contributed by atoms with E-state index in [4.69, 9.17) is 0 Å². The summed E-state index contributed by atoms with van der Waals surface area (Å²) in [4.78, 5) is 16.4. The monoisotopic (exact) mass is 343 g/mol. The molecule has 1 amide bonds. The Morgan fingerprint density at radius 2 is 2.05 bits per heavy atom. The number of halogens is 2. The summed E-state index contributed by atoms with van der Waals surface area (Å²) in [6, 6.07) is 5.53. The molecule has 0 atom stereocenters. The summed E-state index contributed by atoms with van der Waals surface area (Å²) >= 11 is 0. The SMILES string of the molecule is Cl.Cl.O=C(Nc1ccc(-n2cccn2)nc1)C1CCNCC1.